The average Bonchev–Trinajstić information content (AvgIpc) is 2.16. The van der Waals surface area contributed by atoms with E-state index in [9.17, 15) is 0 Å². The maximum atomic E-state index is 9.17. The lowest BCUT2D eigenvalue weighted by Crippen LogP contribution is -1.92. The fourth-order valence-corrected chi connectivity index (χ4v) is 1.03. The van der Waals surface area contributed by atoms with Gasteiger partial charge in [-0.3, -0.25) is 0 Å². The van der Waals surface area contributed by atoms with Crippen LogP contribution < -0.4 is 10.5 Å². The van der Waals surface area contributed by atoms with Crippen LogP contribution in [0.3, 0.4) is 0 Å². The lowest BCUT2D eigenvalue weighted by Gasteiger charge is -2.04. The summed E-state index contributed by atoms with van der Waals surface area (Å²) >= 11 is 0. The van der Waals surface area contributed by atoms with Gasteiger partial charge >= 0.3 is 0 Å². The summed E-state index contributed by atoms with van der Waals surface area (Å²) in [5, 5.41) is 9.17. The van der Waals surface area contributed by atoms with Crippen molar-refractivity contribution in [2.75, 3.05) is 13.7 Å². The molecule has 0 amide bonds. The predicted molar refractivity (Wildman–Crippen MR) is 52.7 cm³/mol. The molecule has 3 N–H and O–H groups in total. The van der Waals surface area contributed by atoms with Crippen molar-refractivity contribution in [3.63, 3.8) is 0 Å². The Hall–Kier alpha value is -1.48. The number of phenolic OH excluding ortho intramolecular Hbond substituents is 1. The molecule has 1 aromatic rings. The molecule has 1 aromatic carbocycles. The summed E-state index contributed by atoms with van der Waals surface area (Å²) < 4.78 is 5.07. The number of nitrogens with two attached hydrogens (primary N) is 1. The Kier molecular flexibility index (Phi) is 3.34. The first-order valence-corrected chi connectivity index (χ1v) is 4.01. The molecule has 0 saturated carbocycles. The highest BCUT2D eigenvalue weighted by Gasteiger charge is 1.99. The standard InChI is InChI=1S/C10H13NO2/c1-13-10-7-9(12)5-4-8(10)3-2-6-11/h2-5,7,12H,6,11H2,1H3. The molecule has 3 heteroatoms. The molecule has 13 heavy (non-hydrogen) atoms. The van der Waals surface area contributed by atoms with E-state index in [0.717, 1.165) is 5.56 Å². The molecule has 0 aromatic heterocycles. The monoisotopic (exact) mass is 179 g/mol. The molecular formula is C10H13NO2. The van der Waals surface area contributed by atoms with Crippen LogP contribution in [0.5, 0.6) is 11.5 Å². The lowest BCUT2D eigenvalue weighted by atomic mass is 10.2. The van der Waals surface area contributed by atoms with Gasteiger partial charge in [-0.15, -0.1) is 0 Å². The minimum Gasteiger partial charge on any atom is -0.508 e. The normalized spacial score (nSPS) is 10.6. The lowest BCUT2D eigenvalue weighted by molar-refractivity contribution is 0.407. The molecule has 0 heterocycles. The summed E-state index contributed by atoms with van der Waals surface area (Å²) in [5.41, 5.74) is 6.23. The van der Waals surface area contributed by atoms with Crippen molar-refractivity contribution in [3.8, 4) is 11.5 Å². The van der Waals surface area contributed by atoms with Gasteiger partial charge in [-0.05, 0) is 12.1 Å². The summed E-state index contributed by atoms with van der Waals surface area (Å²) in [6.45, 7) is 0.490. The first-order chi connectivity index (χ1) is 6.27. The Balaban J connectivity index is 2.99. The molecule has 0 saturated heterocycles. The Bertz CT molecular complexity index is 308. The molecule has 0 aliphatic carbocycles. The van der Waals surface area contributed by atoms with Gasteiger partial charge in [-0.2, -0.15) is 0 Å². The van der Waals surface area contributed by atoms with Gasteiger partial charge in [0.05, 0.1) is 7.11 Å². The summed E-state index contributed by atoms with van der Waals surface area (Å²) in [6, 6.07) is 4.95. The second-order valence-electron chi connectivity index (χ2n) is 2.56. The number of benzene rings is 1. The van der Waals surface area contributed by atoms with Crippen LogP contribution in [0, 0.1) is 0 Å². The smallest absolute Gasteiger partial charge is 0.129 e. The number of ether oxygens (including phenoxy) is 1. The molecule has 0 unspecified atom stereocenters. The summed E-state index contributed by atoms with van der Waals surface area (Å²) in [4.78, 5) is 0. The first-order valence-electron chi connectivity index (χ1n) is 4.01. The zero-order valence-electron chi connectivity index (χ0n) is 7.53. The topological polar surface area (TPSA) is 55.5 Å². The van der Waals surface area contributed by atoms with Crippen molar-refractivity contribution in [2.24, 2.45) is 5.73 Å². The van der Waals surface area contributed by atoms with Crippen molar-refractivity contribution in [1.82, 2.24) is 0 Å². The van der Waals surface area contributed by atoms with Gasteiger partial charge in [0.2, 0.25) is 0 Å². The maximum absolute atomic E-state index is 9.17. The molecule has 0 aliphatic heterocycles. The van der Waals surface area contributed by atoms with E-state index in [1.165, 1.54) is 0 Å². The minimum atomic E-state index is 0.196. The van der Waals surface area contributed by atoms with Crippen molar-refractivity contribution >= 4 is 6.08 Å². The fourth-order valence-electron chi connectivity index (χ4n) is 1.03. The third kappa shape index (κ3) is 2.49. The number of phenols is 1. The van der Waals surface area contributed by atoms with Gasteiger partial charge in [0.15, 0.2) is 0 Å². The maximum Gasteiger partial charge on any atom is 0.129 e. The SMILES string of the molecule is COc1cc(O)ccc1C=CCN. The summed E-state index contributed by atoms with van der Waals surface area (Å²) in [7, 11) is 1.56. The highest BCUT2D eigenvalue weighted by atomic mass is 16.5. The molecule has 3 nitrogen and oxygen atoms in total. The highest BCUT2D eigenvalue weighted by molar-refractivity contribution is 5.59. The number of rotatable bonds is 3. The molecular weight excluding hydrogens is 166 g/mol. The fraction of sp³-hybridized carbons (Fsp3) is 0.200. The number of hydrogen-bond acceptors (Lipinski definition) is 3. The Morgan fingerprint density at radius 2 is 2.31 bits per heavy atom. The third-order valence-electron chi connectivity index (χ3n) is 1.65. The molecule has 0 atom stereocenters. The zero-order chi connectivity index (χ0) is 9.68. The van der Waals surface area contributed by atoms with E-state index in [0.29, 0.717) is 12.3 Å². The Morgan fingerprint density at radius 1 is 1.54 bits per heavy atom. The summed E-state index contributed by atoms with van der Waals surface area (Å²) in [5.74, 6) is 0.839. The third-order valence-corrected chi connectivity index (χ3v) is 1.65. The van der Waals surface area contributed by atoms with E-state index in [1.54, 1.807) is 25.3 Å². The van der Waals surface area contributed by atoms with Gasteiger partial charge < -0.3 is 15.6 Å². The van der Waals surface area contributed by atoms with Crippen LogP contribution in [0.2, 0.25) is 0 Å². The van der Waals surface area contributed by atoms with Crippen LogP contribution in [0.1, 0.15) is 5.56 Å². The van der Waals surface area contributed by atoms with Crippen molar-refractivity contribution in [3.05, 3.63) is 29.8 Å². The van der Waals surface area contributed by atoms with Crippen LogP contribution in [-0.2, 0) is 0 Å². The van der Waals surface area contributed by atoms with Crippen LogP contribution in [0.15, 0.2) is 24.3 Å². The van der Waals surface area contributed by atoms with Crippen LogP contribution in [0.4, 0.5) is 0 Å². The predicted octanol–water partition coefficient (Wildman–Crippen LogP) is 1.37. The van der Waals surface area contributed by atoms with Crippen molar-refractivity contribution < 1.29 is 9.84 Å². The average molecular weight is 179 g/mol. The largest absolute Gasteiger partial charge is 0.508 e. The van der Waals surface area contributed by atoms with E-state index >= 15 is 0 Å². The second-order valence-corrected chi connectivity index (χ2v) is 2.56. The Morgan fingerprint density at radius 3 is 2.92 bits per heavy atom. The Labute approximate surface area is 77.4 Å². The van der Waals surface area contributed by atoms with Crippen molar-refractivity contribution in [2.45, 2.75) is 0 Å². The molecule has 70 valence electrons. The highest BCUT2D eigenvalue weighted by Crippen LogP contribution is 2.24. The van der Waals surface area contributed by atoms with Crippen LogP contribution >= 0.6 is 0 Å². The van der Waals surface area contributed by atoms with E-state index in [4.69, 9.17) is 15.6 Å². The van der Waals surface area contributed by atoms with Crippen molar-refractivity contribution in [1.29, 1.82) is 0 Å². The quantitative estimate of drug-likeness (QED) is 0.736. The first kappa shape index (κ1) is 9.61. The van der Waals surface area contributed by atoms with Gasteiger partial charge in [0, 0.05) is 18.2 Å². The second kappa shape index (κ2) is 4.52. The van der Waals surface area contributed by atoms with Crippen LogP contribution in [-0.4, -0.2) is 18.8 Å². The molecule has 1 rings (SSSR count). The molecule has 0 aliphatic rings. The van der Waals surface area contributed by atoms with E-state index in [1.807, 2.05) is 12.2 Å². The number of methoxy groups -OCH3 is 1. The summed E-state index contributed by atoms with van der Waals surface area (Å²) in [6.07, 6.45) is 3.69. The van der Waals surface area contributed by atoms with Gasteiger partial charge in [-0.25, -0.2) is 0 Å². The number of hydrogen-bond donors (Lipinski definition) is 2. The van der Waals surface area contributed by atoms with E-state index in [-0.39, 0.29) is 5.75 Å². The minimum absolute atomic E-state index is 0.196. The zero-order valence-corrected chi connectivity index (χ0v) is 7.53. The molecule has 0 fully saturated rings. The molecule has 0 spiro atoms. The van der Waals surface area contributed by atoms with E-state index in [2.05, 4.69) is 0 Å². The van der Waals surface area contributed by atoms with Gasteiger partial charge in [-0.1, -0.05) is 12.2 Å². The molecule has 0 bridgehead atoms. The molecule has 0 radical (unpaired) electrons. The van der Waals surface area contributed by atoms with Gasteiger partial charge in [0.1, 0.15) is 11.5 Å². The van der Waals surface area contributed by atoms with Crippen LogP contribution in [0.25, 0.3) is 6.08 Å². The number of aromatic hydroxyl groups is 1. The van der Waals surface area contributed by atoms with Gasteiger partial charge in [0.25, 0.3) is 0 Å². The van der Waals surface area contributed by atoms with E-state index < -0.39 is 0 Å².